The molecule has 180 valence electrons. The van der Waals surface area contributed by atoms with Gasteiger partial charge in [-0.15, -0.1) is 10.2 Å². The fraction of sp³-hybridized carbons (Fsp3) is 0.375. The normalized spacial score (nSPS) is 15.4. The van der Waals surface area contributed by atoms with Crippen molar-refractivity contribution in [3.05, 3.63) is 58.7 Å². The summed E-state index contributed by atoms with van der Waals surface area (Å²) in [6.07, 6.45) is 0. The van der Waals surface area contributed by atoms with Crippen molar-refractivity contribution < 1.29 is 13.2 Å². The molecule has 1 amide bonds. The Hall–Kier alpha value is -2.66. The summed E-state index contributed by atoms with van der Waals surface area (Å²) < 4.78 is 27.9. The molecule has 0 unspecified atom stereocenters. The van der Waals surface area contributed by atoms with Crippen LogP contribution in [0.2, 0.25) is 0 Å². The smallest absolute Gasteiger partial charge is 0.243 e. The molecule has 0 radical (unpaired) electrons. The Labute approximate surface area is 204 Å². The summed E-state index contributed by atoms with van der Waals surface area (Å²) in [5.74, 6) is -0.186. The molecule has 1 aliphatic heterocycles. The van der Waals surface area contributed by atoms with Crippen molar-refractivity contribution in [2.24, 2.45) is 0 Å². The summed E-state index contributed by atoms with van der Waals surface area (Å²) in [4.78, 5) is 14.9. The highest BCUT2D eigenvalue weighted by Gasteiger charge is 2.30. The molecule has 0 bridgehead atoms. The molecule has 0 atom stereocenters. The molecule has 34 heavy (non-hydrogen) atoms. The van der Waals surface area contributed by atoms with E-state index in [0.717, 1.165) is 32.8 Å². The second-order valence-electron chi connectivity index (χ2n) is 8.66. The molecule has 1 aromatic heterocycles. The lowest BCUT2D eigenvalue weighted by Gasteiger charge is -2.33. The van der Waals surface area contributed by atoms with Crippen LogP contribution in [0.5, 0.6) is 0 Å². The number of piperazine rings is 1. The Morgan fingerprint density at radius 3 is 2.32 bits per heavy atom. The van der Waals surface area contributed by atoms with Gasteiger partial charge in [-0.3, -0.25) is 15.0 Å². The maximum absolute atomic E-state index is 13.2. The third kappa shape index (κ3) is 5.20. The Bertz CT molecular complexity index is 1310. The Kier molecular flexibility index (Phi) is 7.13. The fourth-order valence-corrected chi connectivity index (χ4v) is 6.60. The van der Waals surface area contributed by atoms with Crippen LogP contribution in [0.3, 0.4) is 0 Å². The Morgan fingerprint density at radius 2 is 1.62 bits per heavy atom. The van der Waals surface area contributed by atoms with E-state index in [0.29, 0.717) is 36.2 Å². The van der Waals surface area contributed by atoms with E-state index in [9.17, 15) is 13.2 Å². The van der Waals surface area contributed by atoms with Crippen molar-refractivity contribution in [2.45, 2.75) is 32.6 Å². The van der Waals surface area contributed by atoms with Crippen LogP contribution in [0.15, 0.2) is 41.3 Å². The lowest BCUT2D eigenvalue weighted by molar-refractivity contribution is -0.117. The molecule has 0 aliphatic carbocycles. The molecular weight excluding hydrogens is 470 g/mol. The van der Waals surface area contributed by atoms with Gasteiger partial charge in [0.1, 0.15) is 5.01 Å². The molecule has 1 fully saturated rings. The van der Waals surface area contributed by atoms with Gasteiger partial charge in [-0.25, -0.2) is 8.42 Å². The number of hydrogen-bond acceptors (Lipinski definition) is 7. The van der Waals surface area contributed by atoms with Gasteiger partial charge < -0.3 is 0 Å². The third-order valence-corrected chi connectivity index (χ3v) is 9.07. The summed E-state index contributed by atoms with van der Waals surface area (Å²) in [5, 5.41) is 12.3. The van der Waals surface area contributed by atoms with Gasteiger partial charge in [0.15, 0.2) is 0 Å². The van der Waals surface area contributed by atoms with E-state index in [1.807, 2.05) is 62.9 Å². The summed E-state index contributed by atoms with van der Waals surface area (Å²) in [7, 11) is -3.57. The number of anilines is 1. The van der Waals surface area contributed by atoms with Crippen LogP contribution >= 0.6 is 11.3 Å². The average molecular weight is 500 g/mol. The number of nitrogens with one attached hydrogen (secondary N) is 1. The molecular formula is C24H29N5O3S2. The van der Waals surface area contributed by atoms with E-state index in [1.54, 1.807) is 6.07 Å². The zero-order chi connectivity index (χ0) is 24.5. The first-order valence-corrected chi connectivity index (χ1v) is 13.4. The number of hydrogen-bond donors (Lipinski definition) is 1. The summed E-state index contributed by atoms with van der Waals surface area (Å²) in [6.45, 7) is 9.59. The SMILES string of the molecule is Cc1cc(C)c(S(=O)(=O)N2CCN(CC(=O)Nc3nnc(-c4ccccc4C)s3)CC2)cc1C. The maximum atomic E-state index is 13.2. The van der Waals surface area contributed by atoms with Gasteiger partial charge in [-0.2, -0.15) is 4.31 Å². The predicted octanol–water partition coefficient (Wildman–Crippen LogP) is 3.38. The van der Waals surface area contributed by atoms with Crippen LogP contribution in [-0.2, 0) is 14.8 Å². The van der Waals surface area contributed by atoms with Crippen molar-refractivity contribution in [3.8, 4) is 10.6 Å². The molecule has 1 aliphatic rings. The highest BCUT2D eigenvalue weighted by Crippen LogP contribution is 2.29. The number of nitrogens with zero attached hydrogens (tertiary/aromatic N) is 4. The van der Waals surface area contributed by atoms with Gasteiger partial charge in [-0.05, 0) is 56.0 Å². The molecule has 3 aromatic rings. The fourth-order valence-electron chi connectivity index (χ4n) is 4.04. The van der Waals surface area contributed by atoms with E-state index < -0.39 is 10.0 Å². The minimum Gasteiger partial charge on any atom is -0.299 e. The topological polar surface area (TPSA) is 95.5 Å². The van der Waals surface area contributed by atoms with E-state index in [1.165, 1.54) is 15.6 Å². The third-order valence-electron chi connectivity index (χ3n) is 6.15. The molecule has 2 aromatic carbocycles. The summed E-state index contributed by atoms with van der Waals surface area (Å²) in [5.41, 5.74) is 4.89. The van der Waals surface area contributed by atoms with Crippen LogP contribution in [-0.4, -0.2) is 66.5 Å². The van der Waals surface area contributed by atoms with Crippen molar-refractivity contribution in [1.82, 2.24) is 19.4 Å². The number of aromatic nitrogens is 2. The molecule has 4 rings (SSSR count). The van der Waals surface area contributed by atoms with Gasteiger partial charge >= 0.3 is 0 Å². The quantitative estimate of drug-likeness (QED) is 0.559. The molecule has 0 saturated carbocycles. The van der Waals surface area contributed by atoms with Gasteiger partial charge in [0.25, 0.3) is 0 Å². The number of rotatable bonds is 6. The first-order chi connectivity index (χ1) is 16.1. The first kappa shape index (κ1) is 24.5. The highest BCUT2D eigenvalue weighted by atomic mass is 32.2. The van der Waals surface area contributed by atoms with E-state index in [-0.39, 0.29) is 12.5 Å². The zero-order valence-electron chi connectivity index (χ0n) is 19.8. The molecule has 2 heterocycles. The van der Waals surface area contributed by atoms with E-state index in [2.05, 4.69) is 15.5 Å². The van der Waals surface area contributed by atoms with Crippen LogP contribution in [0.1, 0.15) is 22.3 Å². The second kappa shape index (κ2) is 9.91. The number of sulfonamides is 1. The van der Waals surface area contributed by atoms with Crippen molar-refractivity contribution in [2.75, 3.05) is 38.0 Å². The number of carbonyl (C=O) groups is 1. The largest absolute Gasteiger partial charge is 0.299 e. The predicted molar refractivity (Wildman–Crippen MR) is 135 cm³/mol. The van der Waals surface area contributed by atoms with Gasteiger partial charge in [0.2, 0.25) is 21.1 Å². The van der Waals surface area contributed by atoms with Crippen molar-refractivity contribution in [1.29, 1.82) is 0 Å². The van der Waals surface area contributed by atoms with Crippen LogP contribution in [0, 0.1) is 27.7 Å². The van der Waals surface area contributed by atoms with Crippen molar-refractivity contribution >= 4 is 32.4 Å². The van der Waals surface area contributed by atoms with E-state index in [4.69, 9.17) is 0 Å². The van der Waals surface area contributed by atoms with Crippen molar-refractivity contribution in [3.63, 3.8) is 0 Å². The molecule has 1 N–H and O–H groups in total. The number of amides is 1. The lowest BCUT2D eigenvalue weighted by Crippen LogP contribution is -2.50. The monoisotopic (exact) mass is 499 g/mol. The highest BCUT2D eigenvalue weighted by molar-refractivity contribution is 7.89. The lowest BCUT2D eigenvalue weighted by atomic mass is 10.1. The van der Waals surface area contributed by atoms with Gasteiger partial charge in [0, 0.05) is 31.7 Å². The molecule has 10 heteroatoms. The first-order valence-electron chi connectivity index (χ1n) is 11.1. The summed E-state index contributed by atoms with van der Waals surface area (Å²) >= 11 is 1.34. The Morgan fingerprint density at radius 1 is 0.941 bits per heavy atom. The zero-order valence-corrected chi connectivity index (χ0v) is 21.5. The van der Waals surface area contributed by atoms with Gasteiger partial charge in [-0.1, -0.05) is 41.7 Å². The van der Waals surface area contributed by atoms with Crippen LogP contribution in [0.25, 0.3) is 10.6 Å². The van der Waals surface area contributed by atoms with Crippen LogP contribution in [0.4, 0.5) is 5.13 Å². The minimum absolute atomic E-state index is 0.176. The standard InChI is InChI=1S/C24H29N5O3S2/c1-16-7-5-6-8-20(16)23-26-27-24(33-23)25-22(30)15-28-9-11-29(12-10-28)34(31,32)21-14-18(3)17(2)13-19(21)4/h5-8,13-14H,9-12,15H2,1-4H3,(H,25,27,30). The Balaban J connectivity index is 1.33. The van der Waals surface area contributed by atoms with Gasteiger partial charge in [0.05, 0.1) is 11.4 Å². The van der Waals surface area contributed by atoms with E-state index >= 15 is 0 Å². The molecule has 1 saturated heterocycles. The summed E-state index contributed by atoms with van der Waals surface area (Å²) in [6, 6.07) is 11.6. The maximum Gasteiger partial charge on any atom is 0.243 e. The number of aryl methyl sites for hydroxylation is 4. The molecule has 8 nitrogen and oxygen atoms in total. The number of carbonyl (C=O) groups excluding carboxylic acids is 1. The minimum atomic E-state index is -3.57. The average Bonchev–Trinajstić information content (AvgIpc) is 3.24. The number of benzene rings is 2. The second-order valence-corrected chi connectivity index (χ2v) is 11.5. The molecule has 0 spiro atoms. The van der Waals surface area contributed by atoms with Crippen LogP contribution < -0.4 is 5.32 Å².